The Labute approximate surface area is 151 Å². The van der Waals surface area contributed by atoms with Crippen LogP contribution in [0.3, 0.4) is 0 Å². The van der Waals surface area contributed by atoms with Gasteiger partial charge in [0.25, 0.3) is 10.8 Å². The average molecular weight is 371 g/mol. The minimum atomic E-state index is -0.117. The number of nitrogens with zero attached hydrogens (tertiary/aromatic N) is 4. The molecule has 0 radical (unpaired) electrons. The van der Waals surface area contributed by atoms with Crippen molar-refractivity contribution >= 4 is 29.0 Å². The minimum Gasteiger partial charge on any atom is -0.411 e. The number of hydrogen-bond acceptors (Lipinski definition) is 6. The summed E-state index contributed by atoms with van der Waals surface area (Å²) in [6.07, 6.45) is 1.69. The molecule has 0 aliphatic heterocycles. The van der Waals surface area contributed by atoms with Crippen LogP contribution in [-0.2, 0) is 5.75 Å². The Morgan fingerprint density at radius 2 is 1.96 bits per heavy atom. The van der Waals surface area contributed by atoms with Crippen molar-refractivity contribution in [1.82, 2.24) is 19.6 Å². The van der Waals surface area contributed by atoms with Gasteiger partial charge in [-0.3, -0.25) is 9.20 Å². The van der Waals surface area contributed by atoms with Crippen molar-refractivity contribution in [3.05, 3.63) is 75.8 Å². The molecule has 0 spiro atoms. The lowest BCUT2D eigenvalue weighted by atomic mass is 10.2. The van der Waals surface area contributed by atoms with Crippen molar-refractivity contribution in [2.75, 3.05) is 0 Å². The van der Waals surface area contributed by atoms with Crippen LogP contribution in [0.25, 0.3) is 17.1 Å². The number of halogens is 1. The Hall–Kier alpha value is -2.64. The van der Waals surface area contributed by atoms with E-state index < -0.39 is 0 Å². The highest BCUT2D eigenvalue weighted by atomic mass is 35.5. The van der Waals surface area contributed by atoms with Gasteiger partial charge in [0.05, 0.1) is 5.69 Å². The number of hydrogen-bond donors (Lipinski definition) is 0. The van der Waals surface area contributed by atoms with Crippen LogP contribution < -0.4 is 5.56 Å². The predicted octanol–water partition coefficient (Wildman–Crippen LogP) is 3.69. The lowest BCUT2D eigenvalue weighted by Gasteiger charge is -2.02. The van der Waals surface area contributed by atoms with E-state index in [9.17, 15) is 4.79 Å². The number of aromatic nitrogens is 4. The van der Waals surface area contributed by atoms with Crippen LogP contribution in [-0.4, -0.2) is 19.6 Å². The Balaban J connectivity index is 1.52. The molecule has 1 aromatic carbocycles. The summed E-state index contributed by atoms with van der Waals surface area (Å²) in [6.45, 7) is 0. The van der Waals surface area contributed by atoms with E-state index in [1.165, 1.54) is 22.2 Å². The molecular formula is C17H11ClN4O2S. The summed E-state index contributed by atoms with van der Waals surface area (Å²) in [5.74, 6) is 0.883. The molecule has 0 amide bonds. The van der Waals surface area contributed by atoms with Crippen molar-refractivity contribution < 1.29 is 4.42 Å². The normalized spacial score (nSPS) is 11.1. The van der Waals surface area contributed by atoms with E-state index >= 15 is 0 Å². The van der Waals surface area contributed by atoms with Crippen molar-refractivity contribution in [2.24, 2.45) is 0 Å². The first-order valence-electron chi connectivity index (χ1n) is 7.38. The highest BCUT2D eigenvalue weighted by Crippen LogP contribution is 2.25. The summed E-state index contributed by atoms with van der Waals surface area (Å²) >= 11 is 7.20. The predicted molar refractivity (Wildman–Crippen MR) is 95.8 cm³/mol. The van der Waals surface area contributed by atoms with Gasteiger partial charge in [-0.05, 0) is 36.4 Å². The highest BCUT2D eigenvalue weighted by molar-refractivity contribution is 7.98. The minimum absolute atomic E-state index is 0.117. The van der Waals surface area contributed by atoms with E-state index in [4.69, 9.17) is 16.0 Å². The zero-order valence-electron chi connectivity index (χ0n) is 12.8. The van der Waals surface area contributed by atoms with Crippen molar-refractivity contribution in [2.45, 2.75) is 11.0 Å². The van der Waals surface area contributed by atoms with Gasteiger partial charge in [-0.25, -0.2) is 4.98 Å². The molecule has 124 valence electrons. The Kier molecular flexibility index (Phi) is 4.25. The monoisotopic (exact) mass is 370 g/mol. The summed E-state index contributed by atoms with van der Waals surface area (Å²) in [5, 5.41) is 9.11. The molecule has 4 rings (SSSR count). The Morgan fingerprint density at radius 3 is 2.80 bits per heavy atom. The highest BCUT2D eigenvalue weighted by Gasteiger charge is 2.10. The number of fused-ring (bicyclic) bond motifs is 1. The first kappa shape index (κ1) is 15.9. The summed E-state index contributed by atoms with van der Waals surface area (Å²) in [5.41, 5.74) is 1.95. The maximum absolute atomic E-state index is 12.1. The van der Waals surface area contributed by atoms with E-state index in [1.54, 1.807) is 30.5 Å². The fourth-order valence-corrected chi connectivity index (χ4v) is 3.07. The summed E-state index contributed by atoms with van der Waals surface area (Å²) in [7, 11) is 0. The SMILES string of the molecule is O=c1cc(CSc2nnc(-c3ccc(Cl)cc3)o2)nc2ccccn12. The van der Waals surface area contributed by atoms with Crippen molar-refractivity contribution in [3.8, 4) is 11.5 Å². The van der Waals surface area contributed by atoms with Gasteiger partial charge in [0.2, 0.25) is 5.89 Å². The Bertz CT molecular complexity index is 1090. The van der Waals surface area contributed by atoms with Crippen LogP contribution in [0.5, 0.6) is 0 Å². The van der Waals surface area contributed by atoms with Gasteiger partial charge in [-0.1, -0.05) is 29.4 Å². The van der Waals surface area contributed by atoms with Gasteiger partial charge in [0.15, 0.2) is 0 Å². The Morgan fingerprint density at radius 1 is 1.12 bits per heavy atom. The zero-order chi connectivity index (χ0) is 17.2. The van der Waals surface area contributed by atoms with E-state index in [2.05, 4.69) is 15.2 Å². The molecule has 0 atom stereocenters. The van der Waals surface area contributed by atoms with Crippen LogP contribution in [0, 0.1) is 0 Å². The van der Waals surface area contributed by atoms with E-state index in [0.29, 0.717) is 33.2 Å². The molecule has 0 bridgehead atoms. The lowest BCUT2D eigenvalue weighted by Crippen LogP contribution is -2.14. The number of thioether (sulfide) groups is 1. The summed E-state index contributed by atoms with van der Waals surface area (Å²) in [4.78, 5) is 16.5. The van der Waals surface area contributed by atoms with E-state index in [-0.39, 0.29) is 5.56 Å². The zero-order valence-corrected chi connectivity index (χ0v) is 14.4. The molecular weight excluding hydrogens is 360 g/mol. The molecule has 0 N–H and O–H groups in total. The van der Waals surface area contributed by atoms with Crippen LogP contribution in [0.2, 0.25) is 5.02 Å². The largest absolute Gasteiger partial charge is 0.411 e. The van der Waals surface area contributed by atoms with Gasteiger partial charge < -0.3 is 4.42 Å². The smallest absolute Gasteiger partial charge is 0.277 e. The fraction of sp³-hybridized carbons (Fsp3) is 0.0588. The molecule has 0 fully saturated rings. The maximum atomic E-state index is 12.1. The molecule has 6 nitrogen and oxygen atoms in total. The number of rotatable bonds is 4. The van der Waals surface area contributed by atoms with Crippen molar-refractivity contribution in [3.63, 3.8) is 0 Å². The molecule has 3 aromatic heterocycles. The molecule has 0 saturated heterocycles. The number of pyridine rings is 1. The first-order valence-corrected chi connectivity index (χ1v) is 8.75. The molecule has 0 aliphatic carbocycles. The maximum Gasteiger partial charge on any atom is 0.277 e. The van der Waals surface area contributed by atoms with Gasteiger partial charge in [0, 0.05) is 28.6 Å². The van der Waals surface area contributed by atoms with Gasteiger partial charge in [-0.15, -0.1) is 10.2 Å². The number of benzene rings is 1. The molecule has 0 aliphatic rings. The molecule has 25 heavy (non-hydrogen) atoms. The van der Waals surface area contributed by atoms with Crippen LogP contribution in [0.4, 0.5) is 0 Å². The summed E-state index contributed by atoms with van der Waals surface area (Å²) in [6, 6.07) is 14.1. The third kappa shape index (κ3) is 3.42. The standard InChI is InChI=1S/C17H11ClN4O2S/c18-12-6-4-11(5-7-12)16-20-21-17(24-16)25-10-13-9-15(23)22-8-2-1-3-14(22)19-13/h1-9H,10H2. The topological polar surface area (TPSA) is 73.3 Å². The average Bonchev–Trinajstić information content (AvgIpc) is 3.10. The molecule has 0 unspecified atom stereocenters. The van der Waals surface area contributed by atoms with Crippen LogP contribution in [0.1, 0.15) is 5.69 Å². The third-order valence-corrected chi connectivity index (χ3v) is 4.57. The van der Waals surface area contributed by atoms with Gasteiger partial charge in [0.1, 0.15) is 5.65 Å². The van der Waals surface area contributed by atoms with Crippen molar-refractivity contribution in [1.29, 1.82) is 0 Å². The van der Waals surface area contributed by atoms with Crippen LogP contribution >= 0.6 is 23.4 Å². The molecule has 3 heterocycles. The quantitative estimate of drug-likeness (QED) is 0.510. The molecule has 8 heteroatoms. The molecule has 4 aromatic rings. The van der Waals surface area contributed by atoms with Gasteiger partial charge >= 0.3 is 0 Å². The third-order valence-electron chi connectivity index (χ3n) is 3.47. The van der Waals surface area contributed by atoms with Gasteiger partial charge in [-0.2, -0.15) is 0 Å². The fourth-order valence-electron chi connectivity index (χ4n) is 2.29. The second-order valence-corrected chi connectivity index (χ2v) is 6.55. The van der Waals surface area contributed by atoms with E-state index in [0.717, 1.165) is 5.56 Å². The summed E-state index contributed by atoms with van der Waals surface area (Å²) < 4.78 is 7.14. The second-order valence-electron chi connectivity index (χ2n) is 5.18. The molecule has 0 saturated carbocycles. The first-order chi connectivity index (χ1) is 12.2. The van der Waals surface area contributed by atoms with Crippen LogP contribution in [0.15, 0.2) is 69.2 Å². The second kappa shape index (κ2) is 6.70. The van der Waals surface area contributed by atoms with E-state index in [1.807, 2.05) is 18.2 Å². The lowest BCUT2D eigenvalue weighted by molar-refractivity contribution is 0.466.